The van der Waals surface area contributed by atoms with Gasteiger partial charge in [0.1, 0.15) is 17.7 Å². The van der Waals surface area contributed by atoms with Gasteiger partial charge in [-0.05, 0) is 66.1 Å². The van der Waals surface area contributed by atoms with Gasteiger partial charge in [-0.3, -0.25) is 19.4 Å². The standard InChI is InChI=1S/C41H52N8O4.C3H8.C2H4O2/c1-26(2)38(48-41(52)53-6)40(51)49-23-11-16-35(49)39(43-5)46-27(3)28-18-20-29(21-19-28)30-12-9-14-32-31(30)13-10-15-33(32)34-24-45-36(47-34)17-7-8-22-44-37(50)25-42-4;1-3-2;1-4-2-3/h9-10,12-15,18-21,24,26,35,38,42H,3,7-8,11,16-17,22-23,25H2,1-2,4-6H3,(H,43,46)(H,44,50)(H,45,47)(H,48,52);3H2,1-2H3;2H,1H3. The number of nitrogens with one attached hydrogen (secondary N) is 5. The normalized spacial score (nSPS) is 13.9. The van der Waals surface area contributed by atoms with Gasteiger partial charge >= 0.3 is 6.09 Å². The Morgan fingerprint density at radius 1 is 1.02 bits per heavy atom. The molecule has 3 amide bonds. The number of fused-ring (bicyclic) bond motifs is 1. The van der Waals surface area contributed by atoms with E-state index in [-0.39, 0.29) is 23.8 Å². The number of aliphatic imine (C=N–C) groups is 1. The molecule has 1 aliphatic rings. The van der Waals surface area contributed by atoms with Gasteiger partial charge in [-0.1, -0.05) is 101 Å². The lowest BCUT2D eigenvalue weighted by molar-refractivity contribution is -0.134. The number of likely N-dealkylation sites (N-methyl/N-ethyl adjacent to an activating group) is 1. The number of nitrogens with zero attached hydrogens (tertiary/aromatic N) is 3. The number of carbonyl (C=O) groups excluding carboxylic acids is 4. The van der Waals surface area contributed by atoms with Crippen molar-refractivity contribution in [3.63, 3.8) is 0 Å². The minimum absolute atomic E-state index is 0.00751. The maximum absolute atomic E-state index is 13.6. The van der Waals surface area contributed by atoms with Crippen LogP contribution in [0.15, 0.2) is 78.4 Å². The fraction of sp³-hybridized carbons (Fsp3) is 0.435. The fourth-order valence-electron chi connectivity index (χ4n) is 6.85. The Morgan fingerprint density at radius 2 is 1.67 bits per heavy atom. The number of rotatable bonds is 16. The first kappa shape index (κ1) is 48.3. The molecular weight excluding hydrogens is 761 g/mol. The van der Waals surface area contributed by atoms with E-state index in [1.54, 1.807) is 19.0 Å². The number of amides is 3. The summed E-state index contributed by atoms with van der Waals surface area (Å²) in [4.78, 5) is 60.7. The molecule has 14 nitrogen and oxygen atoms in total. The lowest BCUT2D eigenvalue weighted by Gasteiger charge is -2.31. The van der Waals surface area contributed by atoms with Gasteiger partial charge in [0, 0.05) is 37.8 Å². The zero-order chi connectivity index (χ0) is 44.0. The van der Waals surface area contributed by atoms with Crippen LogP contribution in [0.1, 0.15) is 71.2 Å². The van der Waals surface area contributed by atoms with Crippen molar-refractivity contribution in [3.05, 3.63) is 84.8 Å². The highest BCUT2D eigenvalue weighted by Gasteiger charge is 2.38. The highest BCUT2D eigenvalue weighted by atomic mass is 16.5. The van der Waals surface area contributed by atoms with Gasteiger partial charge in [0.05, 0.1) is 38.7 Å². The molecule has 4 aromatic rings. The van der Waals surface area contributed by atoms with E-state index in [0.29, 0.717) is 37.6 Å². The highest BCUT2D eigenvalue weighted by Crippen LogP contribution is 2.35. The molecule has 1 saturated heterocycles. The average Bonchev–Trinajstić information content (AvgIpc) is 3.95. The van der Waals surface area contributed by atoms with Crippen LogP contribution in [0.3, 0.4) is 0 Å². The van der Waals surface area contributed by atoms with Gasteiger partial charge in [0.15, 0.2) is 0 Å². The molecule has 1 aliphatic heterocycles. The molecule has 14 heteroatoms. The van der Waals surface area contributed by atoms with Gasteiger partial charge < -0.3 is 40.6 Å². The number of hydrogen-bond acceptors (Lipinski definition) is 9. The Balaban J connectivity index is 0.00000128. The Kier molecular flexibility index (Phi) is 20.5. The highest BCUT2D eigenvalue weighted by molar-refractivity contribution is 6.04. The monoisotopic (exact) mass is 824 g/mol. The predicted molar refractivity (Wildman–Crippen MR) is 240 cm³/mol. The number of imidazole rings is 1. The molecule has 1 fully saturated rings. The second-order valence-electron chi connectivity index (χ2n) is 14.7. The molecule has 1 aromatic heterocycles. The van der Waals surface area contributed by atoms with Gasteiger partial charge in [0.2, 0.25) is 11.8 Å². The number of benzene rings is 3. The second kappa shape index (κ2) is 25.5. The van der Waals surface area contributed by atoms with Crippen molar-refractivity contribution >= 4 is 46.7 Å². The number of aromatic nitrogens is 2. The Morgan fingerprint density at radius 3 is 2.27 bits per heavy atom. The number of aromatic amines is 1. The molecule has 60 heavy (non-hydrogen) atoms. The van der Waals surface area contributed by atoms with Crippen LogP contribution in [-0.2, 0) is 30.3 Å². The molecule has 0 aliphatic carbocycles. The van der Waals surface area contributed by atoms with Crippen LogP contribution < -0.4 is 21.3 Å². The summed E-state index contributed by atoms with van der Waals surface area (Å²) in [7, 11) is 6.07. The van der Waals surface area contributed by atoms with E-state index in [2.05, 4.69) is 110 Å². The molecule has 0 saturated carbocycles. The van der Waals surface area contributed by atoms with Crippen LogP contribution >= 0.6 is 0 Å². The molecule has 0 spiro atoms. The first-order chi connectivity index (χ1) is 29.0. The SMILES string of the molecule is C=C(NC(=NC)C1CCCN1C(=O)C(NC(=O)OC)C(C)C)c1ccc(-c2cccc3c(-c4cnc(CCCCNC(=O)CNC)[nH]4)cccc23)cc1.CCC.COC=O. The predicted octanol–water partition coefficient (Wildman–Crippen LogP) is 6.72. The van der Waals surface area contributed by atoms with Gasteiger partial charge in [-0.2, -0.15) is 0 Å². The molecule has 2 unspecified atom stereocenters. The fourth-order valence-corrected chi connectivity index (χ4v) is 6.85. The molecule has 0 radical (unpaired) electrons. The summed E-state index contributed by atoms with van der Waals surface area (Å²) >= 11 is 0. The van der Waals surface area contributed by atoms with Crippen molar-refractivity contribution in [2.24, 2.45) is 10.9 Å². The molecular formula is C46H64N8O6. The van der Waals surface area contributed by atoms with E-state index in [0.717, 1.165) is 76.6 Å². The molecule has 5 rings (SSSR count). The van der Waals surface area contributed by atoms with Crippen molar-refractivity contribution < 1.29 is 28.7 Å². The molecule has 2 atom stereocenters. The number of H-pyrrole nitrogens is 1. The van der Waals surface area contributed by atoms with E-state index in [9.17, 15) is 14.4 Å². The van der Waals surface area contributed by atoms with Crippen molar-refractivity contribution in [1.82, 2.24) is 36.1 Å². The lowest BCUT2D eigenvalue weighted by Crippen LogP contribution is -2.55. The topological polar surface area (TPSA) is 179 Å². The summed E-state index contributed by atoms with van der Waals surface area (Å²) in [5.41, 5.74) is 5.83. The Hall–Kier alpha value is -6.02. The van der Waals surface area contributed by atoms with E-state index in [1.807, 2.05) is 32.2 Å². The number of carbonyl (C=O) groups is 4. The van der Waals surface area contributed by atoms with E-state index >= 15 is 0 Å². The Labute approximate surface area is 355 Å². The summed E-state index contributed by atoms with van der Waals surface area (Å²) in [6.07, 6.45) is 6.71. The molecule has 324 valence electrons. The summed E-state index contributed by atoms with van der Waals surface area (Å²) in [5, 5.41) is 14.1. The number of amidine groups is 1. The number of unbranched alkanes of at least 4 members (excludes halogenated alkanes) is 1. The quantitative estimate of drug-likeness (QED) is 0.0355. The molecule has 5 N–H and O–H groups in total. The first-order valence-electron chi connectivity index (χ1n) is 20.6. The molecule has 3 aromatic carbocycles. The maximum Gasteiger partial charge on any atom is 0.407 e. The minimum atomic E-state index is -0.704. The summed E-state index contributed by atoms with van der Waals surface area (Å²) < 4.78 is 8.63. The number of ether oxygens (including phenoxy) is 2. The number of likely N-dealkylation sites (tertiary alicyclic amines) is 1. The van der Waals surface area contributed by atoms with Crippen LogP contribution in [0.2, 0.25) is 0 Å². The van der Waals surface area contributed by atoms with Gasteiger partial charge in [-0.15, -0.1) is 0 Å². The minimum Gasteiger partial charge on any atom is -0.471 e. The maximum atomic E-state index is 13.6. The molecule has 0 bridgehead atoms. The average molecular weight is 825 g/mol. The summed E-state index contributed by atoms with van der Waals surface area (Å²) in [5.74, 6) is 1.32. The smallest absolute Gasteiger partial charge is 0.407 e. The van der Waals surface area contributed by atoms with Crippen molar-refractivity contribution in [2.45, 2.75) is 78.3 Å². The van der Waals surface area contributed by atoms with Crippen LogP contribution in [0, 0.1) is 5.92 Å². The van der Waals surface area contributed by atoms with E-state index < -0.39 is 12.1 Å². The van der Waals surface area contributed by atoms with Gasteiger partial charge in [-0.25, -0.2) is 9.78 Å². The van der Waals surface area contributed by atoms with E-state index in [1.165, 1.54) is 20.6 Å². The van der Waals surface area contributed by atoms with Crippen LogP contribution in [0.4, 0.5) is 4.79 Å². The third-order valence-electron chi connectivity index (χ3n) is 9.74. The first-order valence-corrected chi connectivity index (χ1v) is 20.6. The third kappa shape index (κ3) is 13.8. The van der Waals surface area contributed by atoms with Crippen LogP contribution in [0.5, 0.6) is 0 Å². The van der Waals surface area contributed by atoms with E-state index in [4.69, 9.17) is 9.53 Å². The number of alkyl carbamates (subject to hydrolysis) is 1. The lowest BCUT2D eigenvalue weighted by atomic mass is 9.94. The number of hydrogen-bond donors (Lipinski definition) is 5. The zero-order valence-corrected chi connectivity index (χ0v) is 36.5. The largest absolute Gasteiger partial charge is 0.471 e. The number of aryl methyl sites for hydroxylation is 1. The second-order valence-corrected chi connectivity index (χ2v) is 14.7. The van der Waals surface area contributed by atoms with Crippen LogP contribution in [0.25, 0.3) is 38.9 Å². The summed E-state index contributed by atoms with van der Waals surface area (Å²) in [6, 6.07) is 20.0. The van der Waals surface area contributed by atoms with Crippen LogP contribution in [-0.4, -0.2) is 105 Å². The number of methoxy groups -OCH3 is 2. The van der Waals surface area contributed by atoms with Crippen molar-refractivity contribution in [2.75, 3.05) is 47.9 Å². The van der Waals surface area contributed by atoms with Crippen molar-refractivity contribution in [1.29, 1.82) is 0 Å². The third-order valence-corrected chi connectivity index (χ3v) is 9.74. The Bertz CT molecular complexity index is 2030. The van der Waals surface area contributed by atoms with Crippen molar-refractivity contribution in [3.8, 4) is 22.4 Å². The summed E-state index contributed by atoms with van der Waals surface area (Å²) in [6.45, 7) is 14.3. The van der Waals surface area contributed by atoms with Gasteiger partial charge in [0.25, 0.3) is 6.47 Å². The zero-order valence-electron chi connectivity index (χ0n) is 36.5. The molecule has 2 heterocycles.